The van der Waals surface area contributed by atoms with Gasteiger partial charge in [-0.1, -0.05) is 24.6 Å². The summed E-state index contributed by atoms with van der Waals surface area (Å²) in [7, 11) is 0. The smallest absolute Gasteiger partial charge is 0.310 e. The lowest BCUT2D eigenvalue weighted by atomic mass is 9.99. The minimum atomic E-state index is -4.21. The third kappa shape index (κ3) is 4.99. The first-order valence-electron chi connectivity index (χ1n) is 6.00. The van der Waals surface area contributed by atoms with E-state index < -0.39 is 24.5 Å². The third-order valence-electron chi connectivity index (χ3n) is 2.82. The van der Waals surface area contributed by atoms with Gasteiger partial charge in [0.2, 0.25) is 0 Å². The molecule has 0 aliphatic carbocycles. The Morgan fingerprint density at radius 2 is 1.95 bits per heavy atom. The first kappa shape index (κ1) is 16.2. The summed E-state index contributed by atoms with van der Waals surface area (Å²) < 4.78 is 50.2. The van der Waals surface area contributed by atoms with Gasteiger partial charge < -0.3 is 5.32 Å². The van der Waals surface area contributed by atoms with Gasteiger partial charge in [-0.25, -0.2) is 4.39 Å². The molecular weight excluding hydrogens is 282 g/mol. The first-order chi connectivity index (χ1) is 8.74. The van der Waals surface area contributed by atoms with Crippen LogP contribution in [0.2, 0.25) is 5.02 Å². The number of hydrogen-bond acceptors (Lipinski definition) is 1. The van der Waals surface area contributed by atoms with Crippen molar-refractivity contribution in [3.63, 3.8) is 0 Å². The molecule has 0 saturated carbocycles. The summed E-state index contributed by atoms with van der Waals surface area (Å²) in [4.78, 5) is 0. The van der Waals surface area contributed by atoms with Crippen molar-refractivity contribution in [3.05, 3.63) is 34.1 Å². The van der Waals surface area contributed by atoms with E-state index >= 15 is 0 Å². The van der Waals surface area contributed by atoms with Gasteiger partial charge in [-0.2, -0.15) is 13.2 Å². The molecule has 0 aromatic heterocycles. The van der Waals surface area contributed by atoms with Crippen LogP contribution in [0.5, 0.6) is 0 Å². The summed E-state index contributed by atoms with van der Waals surface area (Å²) in [5.74, 6) is -0.459. The van der Waals surface area contributed by atoms with Crippen molar-refractivity contribution in [2.24, 2.45) is 0 Å². The second-order valence-electron chi connectivity index (χ2n) is 4.39. The lowest BCUT2D eigenvalue weighted by Crippen LogP contribution is -2.23. The van der Waals surface area contributed by atoms with Gasteiger partial charge in [0.15, 0.2) is 0 Å². The predicted molar refractivity (Wildman–Crippen MR) is 67.9 cm³/mol. The maximum Gasteiger partial charge on any atom is 0.389 e. The molecular formula is C13H16ClF4N. The lowest BCUT2D eigenvalue weighted by molar-refractivity contribution is -0.136. The number of halogens is 5. The summed E-state index contributed by atoms with van der Waals surface area (Å²) in [6.45, 7) is 3.86. The molecule has 1 unspecified atom stereocenters. The molecule has 0 radical (unpaired) electrons. The molecule has 0 spiro atoms. The van der Waals surface area contributed by atoms with Crippen LogP contribution in [0.15, 0.2) is 12.1 Å². The van der Waals surface area contributed by atoms with Crippen molar-refractivity contribution in [2.45, 2.75) is 38.9 Å². The Morgan fingerprint density at radius 3 is 2.47 bits per heavy atom. The molecule has 6 heteroatoms. The van der Waals surface area contributed by atoms with E-state index in [1.165, 1.54) is 6.07 Å². The largest absolute Gasteiger partial charge is 0.389 e. The van der Waals surface area contributed by atoms with Crippen LogP contribution in [0.3, 0.4) is 0 Å². The molecule has 1 rings (SSSR count). The highest BCUT2D eigenvalue weighted by atomic mass is 35.5. The Balaban J connectivity index is 2.95. The summed E-state index contributed by atoms with van der Waals surface area (Å²) in [5.41, 5.74) is 0.876. The fourth-order valence-corrected chi connectivity index (χ4v) is 2.15. The van der Waals surface area contributed by atoms with Crippen LogP contribution in [-0.2, 0) is 0 Å². The number of aryl methyl sites for hydroxylation is 1. The van der Waals surface area contributed by atoms with Gasteiger partial charge in [-0.05, 0) is 37.1 Å². The van der Waals surface area contributed by atoms with Crippen molar-refractivity contribution in [2.75, 3.05) is 6.54 Å². The number of nitrogens with one attached hydrogen (secondary N) is 1. The molecule has 0 aliphatic heterocycles. The molecule has 0 amide bonds. The predicted octanol–water partition coefficient (Wildman–Crippen LogP) is 4.78. The van der Waals surface area contributed by atoms with Crippen LogP contribution < -0.4 is 5.32 Å². The molecule has 0 aliphatic rings. The quantitative estimate of drug-likeness (QED) is 0.771. The average Bonchev–Trinajstić information content (AvgIpc) is 2.28. The van der Waals surface area contributed by atoms with Gasteiger partial charge in [0.05, 0.1) is 0 Å². The zero-order valence-electron chi connectivity index (χ0n) is 10.7. The van der Waals surface area contributed by atoms with Gasteiger partial charge in [-0.3, -0.25) is 0 Å². The Kier molecular flexibility index (Phi) is 5.62. The zero-order valence-corrected chi connectivity index (χ0v) is 11.5. The SMILES string of the molecule is CCNC(CCC(F)(F)F)c1cc(C)c(F)cc1Cl. The molecule has 0 bridgehead atoms. The summed E-state index contributed by atoms with van der Waals surface area (Å²) >= 11 is 5.92. The van der Waals surface area contributed by atoms with Crippen LogP contribution >= 0.6 is 11.6 Å². The van der Waals surface area contributed by atoms with Gasteiger partial charge in [0, 0.05) is 17.5 Å². The fraction of sp³-hybridized carbons (Fsp3) is 0.538. The minimum absolute atomic E-state index is 0.123. The van der Waals surface area contributed by atoms with Gasteiger partial charge in [-0.15, -0.1) is 0 Å². The molecule has 1 nitrogen and oxygen atoms in total. The van der Waals surface area contributed by atoms with Gasteiger partial charge >= 0.3 is 6.18 Å². The van der Waals surface area contributed by atoms with E-state index in [1.807, 2.05) is 0 Å². The van der Waals surface area contributed by atoms with Crippen molar-refractivity contribution in [1.82, 2.24) is 5.32 Å². The Labute approximate surface area is 115 Å². The maximum atomic E-state index is 13.3. The van der Waals surface area contributed by atoms with E-state index in [0.717, 1.165) is 6.07 Å². The van der Waals surface area contributed by atoms with Crippen LogP contribution in [0.1, 0.15) is 36.9 Å². The normalized spacial score (nSPS) is 13.6. The van der Waals surface area contributed by atoms with E-state index in [-0.39, 0.29) is 11.4 Å². The summed E-state index contributed by atoms with van der Waals surface area (Å²) in [6, 6.07) is 2.12. The standard InChI is InChI=1S/C13H16ClF4N/c1-3-19-12(4-5-13(16,17)18)9-6-8(2)11(15)7-10(9)14/h6-7,12,19H,3-5H2,1-2H3. The zero-order chi connectivity index (χ0) is 14.6. The lowest BCUT2D eigenvalue weighted by Gasteiger charge is -2.21. The van der Waals surface area contributed by atoms with Crippen molar-refractivity contribution in [3.8, 4) is 0 Å². The van der Waals surface area contributed by atoms with Crippen molar-refractivity contribution in [1.29, 1.82) is 0 Å². The van der Waals surface area contributed by atoms with E-state index in [1.54, 1.807) is 13.8 Å². The molecule has 0 fully saturated rings. The van der Waals surface area contributed by atoms with E-state index in [4.69, 9.17) is 11.6 Å². The van der Waals surface area contributed by atoms with Crippen LogP contribution in [-0.4, -0.2) is 12.7 Å². The van der Waals surface area contributed by atoms with Crippen molar-refractivity contribution < 1.29 is 17.6 Å². The molecule has 0 heterocycles. The highest BCUT2D eigenvalue weighted by Crippen LogP contribution is 2.32. The van der Waals surface area contributed by atoms with E-state index in [2.05, 4.69) is 5.32 Å². The minimum Gasteiger partial charge on any atom is -0.310 e. The van der Waals surface area contributed by atoms with Crippen LogP contribution in [0.25, 0.3) is 0 Å². The molecule has 1 aromatic carbocycles. The highest BCUT2D eigenvalue weighted by molar-refractivity contribution is 6.31. The summed E-state index contributed by atoms with van der Waals surface area (Å²) in [6.07, 6.45) is -5.24. The third-order valence-corrected chi connectivity index (χ3v) is 3.15. The molecule has 0 saturated heterocycles. The number of rotatable bonds is 5. The molecule has 108 valence electrons. The molecule has 19 heavy (non-hydrogen) atoms. The number of alkyl halides is 3. The van der Waals surface area contributed by atoms with E-state index in [0.29, 0.717) is 17.7 Å². The second-order valence-corrected chi connectivity index (χ2v) is 4.79. The van der Waals surface area contributed by atoms with Gasteiger partial charge in [0.25, 0.3) is 0 Å². The number of hydrogen-bond donors (Lipinski definition) is 1. The van der Waals surface area contributed by atoms with Crippen molar-refractivity contribution >= 4 is 11.6 Å². The van der Waals surface area contributed by atoms with Crippen LogP contribution in [0.4, 0.5) is 17.6 Å². The highest BCUT2D eigenvalue weighted by Gasteiger charge is 2.29. The maximum absolute atomic E-state index is 13.3. The molecule has 1 atom stereocenters. The monoisotopic (exact) mass is 297 g/mol. The first-order valence-corrected chi connectivity index (χ1v) is 6.38. The summed E-state index contributed by atoms with van der Waals surface area (Å²) in [5, 5.41) is 3.10. The fourth-order valence-electron chi connectivity index (χ4n) is 1.87. The Bertz CT molecular complexity index is 431. The molecule has 1 N–H and O–H groups in total. The molecule has 1 aromatic rings. The Morgan fingerprint density at radius 1 is 1.32 bits per heavy atom. The Hall–Kier alpha value is -0.810. The van der Waals surface area contributed by atoms with Crippen LogP contribution in [0, 0.1) is 12.7 Å². The second kappa shape index (κ2) is 6.57. The average molecular weight is 298 g/mol. The van der Waals surface area contributed by atoms with E-state index in [9.17, 15) is 17.6 Å². The number of benzene rings is 1. The van der Waals surface area contributed by atoms with Gasteiger partial charge in [0.1, 0.15) is 5.82 Å². The topological polar surface area (TPSA) is 12.0 Å².